The zero-order chi connectivity index (χ0) is 22.6. The maximum absolute atomic E-state index is 14.6. The fourth-order valence-corrected chi connectivity index (χ4v) is 3.51. The predicted octanol–water partition coefficient (Wildman–Crippen LogP) is 3.72. The molecule has 3 heterocycles. The summed E-state index contributed by atoms with van der Waals surface area (Å²) in [5.41, 5.74) is -6.31. The van der Waals surface area contributed by atoms with E-state index in [4.69, 9.17) is 0 Å². The number of halogens is 7. The fourth-order valence-electron chi connectivity index (χ4n) is 3.51. The second-order valence-electron chi connectivity index (χ2n) is 7.29. The van der Waals surface area contributed by atoms with Crippen LogP contribution in [0.4, 0.5) is 30.7 Å². The molecule has 31 heavy (non-hydrogen) atoms. The number of carbonyl (C=O) groups is 1. The average Bonchev–Trinajstić information content (AvgIpc) is 3.16. The maximum atomic E-state index is 14.6. The van der Waals surface area contributed by atoms with Crippen LogP contribution in [0.2, 0.25) is 0 Å². The Morgan fingerprint density at radius 2 is 1.74 bits per heavy atom. The number of aromatic nitrogens is 1. The second kappa shape index (κ2) is 6.92. The molecule has 1 saturated heterocycles. The number of carbonyl (C=O) groups excluding carboxylic acids is 1. The van der Waals surface area contributed by atoms with Gasteiger partial charge in [0, 0.05) is 17.3 Å². The summed E-state index contributed by atoms with van der Waals surface area (Å²) in [5, 5.41) is 3.41. The lowest BCUT2D eigenvalue weighted by Crippen LogP contribution is -2.56. The predicted molar refractivity (Wildman–Crippen MR) is 90.9 cm³/mol. The Morgan fingerprint density at radius 3 is 2.26 bits per heavy atom. The number of amides is 1. The van der Waals surface area contributed by atoms with Gasteiger partial charge in [-0.25, -0.2) is 17.6 Å². The largest absolute Gasteiger partial charge is 0.435 e. The van der Waals surface area contributed by atoms with E-state index in [1.165, 1.54) is 17.0 Å². The van der Waals surface area contributed by atoms with Crippen LogP contribution in [0.3, 0.4) is 0 Å². The van der Waals surface area contributed by atoms with E-state index in [1.807, 2.05) is 0 Å². The van der Waals surface area contributed by atoms with Crippen molar-refractivity contribution in [1.29, 1.82) is 0 Å². The molecule has 2 aromatic rings. The van der Waals surface area contributed by atoms with Crippen molar-refractivity contribution in [3.05, 3.63) is 64.7 Å². The van der Waals surface area contributed by atoms with E-state index < -0.39 is 46.9 Å². The Kier molecular flexibility index (Phi) is 4.70. The van der Waals surface area contributed by atoms with E-state index in [2.05, 4.69) is 15.0 Å². The van der Waals surface area contributed by atoms with Gasteiger partial charge in [-0.15, -0.1) is 0 Å². The minimum absolute atomic E-state index is 0.0152. The van der Waals surface area contributed by atoms with Crippen LogP contribution in [0, 0.1) is 17.5 Å². The first-order chi connectivity index (χ1) is 14.5. The lowest BCUT2D eigenvalue weighted by Gasteiger charge is -2.41. The van der Waals surface area contributed by atoms with E-state index in [0.717, 1.165) is 6.20 Å². The summed E-state index contributed by atoms with van der Waals surface area (Å²) in [6, 6.07) is 2.92. The standard InChI is InChI=1S/C19H12F7N3O2/c20-12-3-11(4-13(21)16(12)22)18(19(24,25)26)5-14(28-31-18)10-1-2-15(27-6-10)17(23)7-29(8-17)9-30/h1-4,6,9H,5,7-8H2. The van der Waals surface area contributed by atoms with Crippen LogP contribution < -0.4 is 0 Å². The minimum Gasteiger partial charge on any atom is -0.374 e. The van der Waals surface area contributed by atoms with Gasteiger partial charge in [0.05, 0.1) is 30.9 Å². The van der Waals surface area contributed by atoms with Crippen LogP contribution in [-0.4, -0.2) is 41.3 Å². The molecule has 0 bridgehead atoms. The number of oxime groups is 1. The molecule has 2 aliphatic heterocycles. The Bertz CT molecular complexity index is 1040. The minimum atomic E-state index is -5.16. The fraction of sp³-hybridized carbons (Fsp3) is 0.316. The molecule has 2 aliphatic rings. The molecule has 1 aromatic carbocycles. The van der Waals surface area contributed by atoms with Crippen LogP contribution in [0.1, 0.15) is 23.2 Å². The molecular weight excluding hydrogens is 435 g/mol. The van der Waals surface area contributed by atoms with E-state index >= 15 is 0 Å². The smallest absolute Gasteiger partial charge is 0.374 e. The third kappa shape index (κ3) is 3.29. The van der Waals surface area contributed by atoms with Crippen molar-refractivity contribution in [1.82, 2.24) is 9.88 Å². The number of benzene rings is 1. The highest BCUT2D eigenvalue weighted by atomic mass is 19.4. The van der Waals surface area contributed by atoms with Gasteiger partial charge < -0.3 is 9.74 Å². The number of rotatable bonds is 4. The molecule has 0 radical (unpaired) electrons. The number of nitrogens with zero attached hydrogens (tertiary/aromatic N) is 3. The van der Waals surface area contributed by atoms with Crippen LogP contribution in [-0.2, 0) is 20.9 Å². The Hall–Kier alpha value is -3.18. The van der Waals surface area contributed by atoms with Crippen molar-refractivity contribution in [3.8, 4) is 0 Å². The van der Waals surface area contributed by atoms with Gasteiger partial charge in [0.2, 0.25) is 6.41 Å². The Labute approximate surface area is 170 Å². The molecule has 0 N–H and O–H groups in total. The van der Waals surface area contributed by atoms with Gasteiger partial charge in [0.1, 0.15) is 0 Å². The summed E-state index contributed by atoms with van der Waals surface area (Å²) in [7, 11) is 0. The SMILES string of the molecule is O=CN1CC(F)(c2ccc(C3=NOC(c4cc(F)c(F)c(F)c4)(C(F)(F)F)C3)cn2)C1. The summed E-state index contributed by atoms with van der Waals surface area (Å²) in [6.07, 6.45) is -4.56. The zero-order valence-corrected chi connectivity index (χ0v) is 15.4. The molecule has 1 fully saturated rings. The van der Waals surface area contributed by atoms with Gasteiger partial charge in [0.25, 0.3) is 5.60 Å². The number of alkyl halides is 4. The molecule has 1 amide bonds. The Morgan fingerprint density at radius 1 is 1.10 bits per heavy atom. The highest BCUT2D eigenvalue weighted by Crippen LogP contribution is 2.49. The molecule has 0 saturated carbocycles. The first kappa shape index (κ1) is 21.1. The van der Waals surface area contributed by atoms with Crippen molar-refractivity contribution in [2.45, 2.75) is 23.9 Å². The first-order valence-electron chi connectivity index (χ1n) is 8.81. The molecule has 164 valence electrons. The Balaban J connectivity index is 1.62. The molecule has 12 heteroatoms. The molecule has 1 unspecified atom stereocenters. The van der Waals surface area contributed by atoms with E-state index in [9.17, 15) is 35.5 Å². The van der Waals surface area contributed by atoms with Crippen LogP contribution in [0.25, 0.3) is 0 Å². The molecule has 0 spiro atoms. The van der Waals surface area contributed by atoms with Gasteiger partial charge in [0.15, 0.2) is 23.1 Å². The number of hydrogen-bond donors (Lipinski definition) is 0. The molecule has 1 aromatic heterocycles. The molecule has 5 nitrogen and oxygen atoms in total. The lowest BCUT2D eigenvalue weighted by molar-refractivity contribution is -0.276. The van der Waals surface area contributed by atoms with E-state index in [1.54, 1.807) is 0 Å². The van der Waals surface area contributed by atoms with Gasteiger partial charge >= 0.3 is 6.18 Å². The summed E-state index contributed by atoms with van der Waals surface area (Å²) >= 11 is 0. The third-order valence-electron chi connectivity index (χ3n) is 5.25. The van der Waals surface area contributed by atoms with Gasteiger partial charge in [-0.1, -0.05) is 5.16 Å². The van der Waals surface area contributed by atoms with Crippen LogP contribution in [0.15, 0.2) is 35.6 Å². The molecular formula is C19H12F7N3O2. The number of hydrogen-bond acceptors (Lipinski definition) is 4. The normalized spacial score (nSPS) is 22.5. The number of likely N-dealkylation sites (tertiary alicyclic amines) is 1. The van der Waals surface area contributed by atoms with Crippen molar-refractivity contribution in [3.63, 3.8) is 0 Å². The van der Waals surface area contributed by atoms with Crippen molar-refractivity contribution in [2.24, 2.45) is 5.16 Å². The second-order valence-corrected chi connectivity index (χ2v) is 7.29. The van der Waals surface area contributed by atoms with E-state index in [-0.39, 0.29) is 42.2 Å². The van der Waals surface area contributed by atoms with Crippen LogP contribution in [0.5, 0.6) is 0 Å². The van der Waals surface area contributed by atoms with Crippen LogP contribution >= 0.6 is 0 Å². The first-order valence-corrected chi connectivity index (χ1v) is 8.81. The lowest BCUT2D eigenvalue weighted by atomic mass is 9.86. The topological polar surface area (TPSA) is 54.8 Å². The summed E-state index contributed by atoms with van der Waals surface area (Å²) in [6.45, 7) is -0.405. The van der Waals surface area contributed by atoms with Crippen molar-refractivity contribution in [2.75, 3.05) is 13.1 Å². The highest BCUT2D eigenvalue weighted by molar-refractivity contribution is 6.01. The van der Waals surface area contributed by atoms with Crippen molar-refractivity contribution >= 4 is 12.1 Å². The molecule has 0 aliphatic carbocycles. The van der Waals surface area contributed by atoms with Gasteiger partial charge in [-0.3, -0.25) is 9.78 Å². The summed E-state index contributed by atoms with van der Waals surface area (Å²) < 4.78 is 96.6. The highest BCUT2D eigenvalue weighted by Gasteiger charge is 2.62. The maximum Gasteiger partial charge on any atom is 0.435 e. The van der Waals surface area contributed by atoms with E-state index in [0.29, 0.717) is 6.41 Å². The van der Waals surface area contributed by atoms with Gasteiger partial charge in [-0.2, -0.15) is 13.2 Å². The monoisotopic (exact) mass is 447 g/mol. The molecule has 1 atom stereocenters. The summed E-state index contributed by atoms with van der Waals surface area (Å²) in [4.78, 5) is 20.3. The summed E-state index contributed by atoms with van der Waals surface area (Å²) in [5.74, 6) is -5.52. The number of pyridine rings is 1. The molecule has 4 rings (SSSR count). The zero-order valence-electron chi connectivity index (χ0n) is 15.4. The quantitative estimate of drug-likeness (QED) is 0.408. The van der Waals surface area contributed by atoms with Crippen molar-refractivity contribution < 1.29 is 40.4 Å². The van der Waals surface area contributed by atoms with Gasteiger partial charge in [-0.05, 0) is 24.3 Å². The third-order valence-corrected chi connectivity index (χ3v) is 5.25. The average molecular weight is 447 g/mol.